The molecule has 166 valence electrons. The first-order valence-corrected chi connectivity index (χ1v) is 10.5. The van der Waals surface area contributed by atoms with Crippen LogP contribution in [0, 0.1) is 11.2 Å². The molecule has 0 aromatic heterocycles. The molecule has 0 saturated carbocycles. The van der Waals surface area contributed by atoms with E-state index in [1.54, 1.807) is 31.1 Å². The zero-order valence-electron chi connectivity index (χ0n) is 18.9. The Hall–Kier alpha value is -2.73. The second-order valence-corrected chi connectivity index (χ2v) is 9.40. The molecule has 0 bridgehead atoms. The smallest absolute Gasteiger partial charge is 0.256 e. The first-order valence-electron chi connectivity index (χ1n) is 10.5. The first kappa shape index (κ1) is 22.9. The Labute approximate surface area is 183 Å². The minimum atomic E-state index is -1.12. The molecule has 1 aliphatic heterocycles. The Morgan fingerprint density at radius 2 is 1.58 bits per heavy atom. The summed E-state index contributed by atoms with van der Waals surface area (Å²) in [5.41, 5.74) is 1.17. The van der Waals surface area contributed by atoms with Gasteiger partial charge in [-0.15, -0.1) is 0 Å². The van der Waals surface area contributed by atoms with Gasteiger partial charge in [0.2, 0.25) is 5.91 Å². The third kappa shape index (κ3) is 5.13. The van der Waals surface area contributed by atoms with E-state index in [-0.39, 0.29) is 24.2 Å². The molecule has 6 heteroatoms. The highest BCUT2D eigenvalue weighted by atomic mass is 19.1. The molecule has 1 saturated heterocycles. The van der Waals surface area contributed by atoms with E-state index in [0.29, 0.717) is 19.6 Å². The Morgan fingerprint density at radius 1 is 1.03 bits per heavy atom. The molecule has 1 atom stereocenters. The van der Waals surface area contributed by atoms with Crippen LogP contribution < -0.4 is 0 Å². The van der Waals surface area contributed by atoms with Crippen molar-refractivity contribution in [2.45, 2.75) is 32.8 Å². The molecule has 0 N–H and O–H groups in total. The summed E-state index contributed by atoms with van der Waals surface area (Å²) in [5.74, 6) is -0.409. The lowest BCUT2D eigenvalue weighted by atomic mass is 9.88. The highest BCUT2D eigenvalue weighted by Gasteiger charge is 2.47. The van der Waals surface area contributed by atoms with Crippen LogP contribution >= 0.6 is 0 Å². The number of amides is 2. The van der Waals surface area contributed by atoms with E-state index in [9.17, 15) is 14.0 Å². The maximum atomic E-state index is 13.2. The predicted molar refractivity (Wildman–Crippen MR) is 119 cm³/mol. The van der Waals surface area contributed by atoms with Crippen LogP contribution in [0.2, 0.25) is 0 Å². The van der Waals surface area contributed by atoms with E-state index in [1.807, 2.05) is 45.0 Å². The van der Waals surface area contributed by atoms with Crippen LogP contribution in [0.15, 0.2) is 48.5 Å². The van der Waals surface area contributed by atoms with E-state index >= 15 is 0 Å². The molecule has 31 heavy (non-hydrogen) atoms. The van der Waals surface area contributed by atoms with Gasteiger partial charge in [-0.1, -0.05) is 57.2 Å². The highest BCUT2D eigenvalue weighted by Crippen LogP contribution is 2.29. The van der Waals surface area contributed by atoms with Gasteiger partial charge in [0.15, 0.2) is 5.60 Å². The van der Waals surface area contributed by atoms with Crippen molar-refractivity contribution in [3.05, 3.63) is 59.9 Å². The number of carbonyl (C=O) groups excluding carboxylic acids is 2. The van der Waals surface area contributed by atoms with Gasteiger partial charge in [0.05, 0.1) is 13.2 Å². The quantitative estimate of drug-likeness (QED) is 0.748. The van der Waals surface area contributed by atoms with E-state index in [4.69, 9.17) is 4.74 Å². The Balaban J connectivity index is 1.87. The number of morpholine rings is 1. The van der Waals surface area contributed by atoms with Crippen LogP contribution in [0.4, 0.5) is 4.39 Å². The van der Waals surface area contributed by atoms with Gasteiger partial charge in [0.25, 0.3) is 5.91 Å². The van der Waals surface area contributed by atoms with Crippen LogP contribution in [0.25, 0.3) is 11.1 Å². The van der Waals surface area contributed by atoms with E-state index in [0.717, 1.165) is 16.7 Å². The summed E-state index contributed by atoms with van der Waals surface area (Å²) in [5, 5.41) is 0. The molecule has 2 amide bonds. The number of carbonyl (C=O) groups is 2. The lowest BCUT2D eigenvalue weighted by Gasteiger charge is -2.44. The van der Waals surface area contributed by atoms with Crippen molar-refractivity contribution in [3.63, 3.8) is 0 Å². The van der Waals surface area contributed by atoms with Crippen molar-refractivity contribution in [1.29, 1.82) is 0 Å². The number of benzene rings is 2. The first-order chi connectivity index (χ1) is 14.5. The standard InChI is InChI=1S/C25H31FN2O3/c1-24(2,3)22(29)28-14-15-31-25(17-28,23(30)27(4)5)16-18-6-8-19(9-7-18)20-10-12-21(26)13-11-20/h6-13H,14-17H2,1-5H3/t25-/m1/s1. The molecule has 0 aliphatic carbocycles. The normalized spacial score (nSPS) is 19.2. The van der Waals surface area contributed by atoms with Gasteiger partial charge in [-0.2, -0.15) is 0 Å². The van der Waals surface area contributed by atoms with Crippen molar-refractivity contribution in [2.75, 3.05) is 33.8 Å². The third-order valence-corrected chi connectivity index (χ3v) is 5.53. The number of nitrogens with zero attached hydrogens (tertiary/aromatic N) is 2. The van der Waals surface area contributed by atoms with Gasteiger partial charge in [-0.05, 0) is 28.8 Å². The van der Waals surface area contributed by atoms with Gasteiger partial charge in [-0.3, -0.25) is 9.59 Å². The fourth-order valence-electron chi connectivity index (χ4n) is 3.94. The average Bonchev–Trinajstić information content (AvgIpc) is 2.73. The molecule has 1 aliphatic rings. The fraction of sp³-hybridized carbons (Fsp3) is 0.440. The second-order valence-electron chi connectivity index (χ2n) is 9.40. The molecule has 0 spiro atoms. The number of rotatable bonds is 4. The molecule has 1 heterocycles. The summed E-state index contributed by atoms with van der Waals surface area (Å²) in [6.45, 7) is 6.66. The summed E-state index contributed by atoms with van der Waals surface area (Å²) in [7, 11) is 3.41. The summed E-state index contributed by atoms with van der Waals surface area (Å²) < 4.78 is 19.3. The minimum Gasteiger partial charge on any atom is -0.361 e. The van der Waals surface area contributed by atoms with Gasteiger partial charge in [0.1, 0.15) is 5.82 Å². The number of hydrogen-bond acceptors (Lipinski definition) is 3. The van der Waals surface area contributed by atoms with Crippen LogP contribution in [-0.2, 0) is 20.7 Å². The van der Waals surface area contributed by atoms with Gasteiger partial charge >= 0.3 is 0 Å². The van der Waals surface area contributed by atoms with Crippen molar-refractivity contribution < 1.29 is 18.7 Å². The molecule has 0 radical (unpaired) electrons. The Morgan fingerprint density at radius 3 is 2.10 bits per heavy atom. The van der Waals surface area contributed by atoms with Crippen LogP contribution in [-0.4, -0.2) is 61.0 Å². The monoisotopic (exact) mass is 426 g/mol. The maximum absolute atomic E-state index is 13.2. The van der Waals surface area contributed by atoms with Gasteiger partial charge in [0, 0.05) is 32.5 Å². The predicted octanol–water partition coefficient (Wildman–Crippen LogP) is 3.77. The summed E-state index contributed by atoms with van der Waals surface area (Å²) >= 11 is 0. The SMILES string of the molecule is CN(C)C(=O)[C@@]1(Cc2ccc(-c3ccc(F)cc3)cc2)CN(C(=O)C(C)(C)C)CCO1. The Bertz CT molecular complexity index is 933. The minimum absolute atomic E-state index is 0.0124. The van der Waals surface area contributed by atoms with Crippen LogP contribution in [0.5, 0.6) is 0 Å². The molecule has 2 aromatic rings. The van der Waals surface area contributed by atoms with Gasteiger partial charge < -0.3 is 14.5 Å². The lowest BCUT2D eigenvalue weighted by molar-refractivity contribution is -0.175. The largest absolute Gasteiger partial charge is 0.361 e. The summed E-state index contributed by atoms with van der Waals surface area (Å²) in [4.78, 5) is 29.4. The topological polar surface area (TPSA) is 49.9 Å². The molecule has 0 unspecified atom stereocenters. The Kier molecular flexibility index (Phi) is 6.51. The van der Waals surface area contributed by atoms with Gasteiger partial charge in [-0.25, -0.2) is 4.39 Å². The number of ether oxygens (including phenoxy) is 1. The highest BCUT2D eigenvalue weighted by molar-refractivity contribution is 5.88. The number of halogens is 1. The van der Waals surface area contributed by atoms with Crippen molar-refractivity contribution >= 4 is 11.8 Å². The van der Waals surface area contributed by atoms with E-state index < -0.39 is 11.0 Å². The molecular weight excluding hydrogens is 395 g/mol. The second kappa shape index (κ2) is 8.79. The van der Waals surface area contributed by atoms with E-state index in [1.165, 1.54) is 17.0 Å². The number of likely N-dealkylation sites (N-methyl/N-ethyl adjacent to an activating group) is 1. The van der Waals surface area contributed by atoms with Crippen molar-refractivity contribution in [1.82, 2.24) is 9.80 Å². The molecular formula is C25H31FN2O3. The average molecular weight is 427 g/mol. The maximum Gasteiger partial charge on any atom is 0.256 e. The zero-order valence-corrected chi connectivity index (χ0v) is 18.9. The van der Waals surface area contributed by atoms with Crippen LogP contribution in [0.3, 0.4) is 0 Å². The molecule has 2 aromatic carbocycles. The molecule has 5 nitrogen and oxygen atoms in total. The zero-order chi connectivity index (χ0) is 22.8. The van der Waals surface area contributed by atoms with E-state index in [2.05, 4.69) is 0 Å². The third-order valence-electron chi connectivity index (χ3n) is 5.53. The lowest BCUT2D eigenvalue weighted by Crippen LogP contribution is -2.62. The van der Waals surface area contributed by atoms with Crippen molar-refractivity contribution in [2.24, 2.45) is 5.41 Å². The fourth-order valence-corrected chi connectivity index (χ4v) is 3.94. The summed E-state index contributed by atoms with van der Waals surface area (Å²) in [6.07, 6.45) is 0.363. The van der Waals surface area contributed by atoms with Crippen molar-refractivity contribution in [3.8, 4) is 11.1 Å². The number of hydrogen-bond donors (Lipinski definition) is 0. The van der Waals surface area contributed by atoms with Crippen LogP contribution in [0.1, 0.15) is 26.3 Å². The summed E-state index contributed by atoms with van der Waals surface area (Å²) in [6, 6.07) is 14.2. The molecule has 3 rings (SSSR count). The molecule has 1 fully saturated rings.